The van der Waals surface area contributed by atoms with Gasteiger partial charge >= 0.3 is 0 Å². The molecule has 1 aromatic carbocycles. The fourth-order valence-electron chi connectivity index (χ4n) is 3.93. The molecule has 0 unspecified atom stereocenters. The minimum absolute atomic E-state index is 0.320. The maximum atomic E-state index is 5.93. The highest BCUT2D eigenvalue weighted by Crippen LogP contribution is 2.35. The number of hydrogen-bond donors (Lipinski definition) is 2. The van der Waals surface area contributed by atoms with Crippen LogP contribution in [0.3, 0.4) is 0 Å². The highest BCUT2D eigenvalue weighted by Gasteiger charge is 2.27. The second kappa shape index (κ2) is 8.99. The highest BCUT2D eigenvalue weighted by atomic mass is 16.5. The first kappa shape index (κ1) is 18.7. The summed E-state index contributed by atoms with van der Waals surface area (Å²) in [6.07, 6.45) is 7.21. The fraction of sp³-hybridized carbons (Fsp3) is 0.364. The summed E-state index contributed by atoms with van der Waals surface area (Å²) in [7, 11) is 0. The maximum Gasteiger partial charge on any atom is 0.123 e. The minimum atomic E-state index is 0.320. The van der Waals surface area contributed by atoms with Crippen LogP contribution in [0.1, 0.15) is 36.6 Å². The molecule has 1 fully saturated rings. The Morgan fingerprint density at radius 3 is 2.93 bits per heavy atom. The Balaban J connectivity index is 1.42. The van der Waals surface area contributed by atoms with Gasteiger partial charge in [-0.1, -0.05) is 36.8 Å². The predicted molar refractivity (Wildman–Crippen MR) is 110 cm³/mol. The molecular weight excluding hydrogens is 350 g/mol. The van der Waals surface area contributed by atoms with E-state index in [1.165, 1.54) is 18.4 Å². The van der Waals surface area contributed by atoms with Gasteiger partial charge in [-0.3, -0.25) is 10.00 Å². The van der Waals surface area contributed by atoms with Crippen LogP contribution in [0.2, 0.25) is 0 Å². The highest BCUT2D eigenvalue weighted by molar-refractivity contribution is 5.67. The van der Waals surface area contributed by atoms with Crippen molar-refractivity contribution in [3.63, 3.8) is 0 Å². The Morgan fingerprint density at radius 1 is 1.18 bits per heavy atom. The van der Waals surface area contributed by atoms with Crippen molar-refractivity contribution < 1.29 is 4.74 Å². The normalized spacial score (nSPS) is 17.6. The second-order valence-electron chi connectivity index (χ2n) is 7.25. The largest absolute Gasteiger partial charge is 0.384 e. The van der Waals surface area contributed by atoms with Crippen molar-refractivity contribution in [1.29, 1.82) is 0 Å². The Morgan fingerprint density at radius 2 is 2.07 bits per heavy atom. The average Bonchev–Trinajstić information content (AvgIpc) is 3.22. The number of aromatic amines is 1. The molecule has 0 radical (unpaired) electrons. The van der Waals surface area contributed by atoms with E-state index in [-0.39, 0.29) is 0 Å². The standard InChI is InChI=1S/C22H27N5O/c23-21-14-18(9-10-24-21)19-15-25-26-22(19)20-8-4-5-11-27(20)12-13-28-16-17-6-2-1-3-7-17/h1-3,6-7,9-10,14-15,20H,4-5,8,11-13,16H2,(H2,23,24)(H,25,26)/t20-/m0/s1. The topological polar surface area (TPSA) is 80.1 Å². The molecule has 146 valence electrons. The molecule has 0 amide bonds. The number of nitrogens with two attached hydrogens (primary N) is 1. The second-order valence-corrected chi connectivity index (χ2v) is 7.25. The molecule has 0 bridgehead atoms. The zero-order chi connectivity index (χ0) is 19.2. The summed E-state index contributed by atoms with van der Waals surface area (Å²) >= 11 is 0. The summed E-state index contributed by atoms with van der Waals surface area (Å²) in [4.78, 5) is 6.61. The fourth-order valence-corrected chi connectivity index (χ4v) is 3.93. The van der Waals surface area contributed by atoms with Crippen molar-refractivity contribution >= 4 is 5.82 Å². The smallest absolute Gasteiger partial charge is 0.123 e. The number of rotatable bonds is 7. The number of benzene rings is 1. The lowest BCUT2D eigenvalue weighted by Crippen LogP contribution is -2.36. The van der Waals surface area contributed by atoms with Gasteiger partial charge in [-0.05, 0) is 42.6 Å². The third-order valence-corrected chi connectivity index (χ3v) is 5.34. The summed E-state index contributed by atoms with van der Waals surface area (Å²) in [6, 6.07) is 14.5. The molecule has 4 rings (SSSR count). The van der Waals surface area contributed by atoms with Crippen LogP contribution in [0.5, 0.6) is 0 Å². The Bertz CT molecular complexity index is 879. The number of nitrogens with zero attached hydrogens (tertiary/aromatic N) is 3. The molecule has 3 heterocycles. The monoisotopic (exact) mass is 377 g/mol. The van der Waals surface area contributed by atoms with Crippen molar-refractivity contribution in [2.45, 2.75) is 31.9 Å². The molecule has 6 nitrogen and oxygen atoms in total. The molecule has 1 aliphatic heterocycles. The molecule has 0 spiro atoms. The lowest BCUT2D eigenvalue weighted by Gasteiger charge is -2.35. The van der Waals surface area contributed by atoms with Crippen molar-refractivity contribution in [1.82, 2.24) is 20.1 Å². The predicted octanol–water partition coefficient (Wildman–Crippen LogP) is 3.80. The lowest BCUT2D eigenvalue weighted by molar-refractivity contribution is 0.0628. The first-order valence-corrected chi connectivity index (χ1v) is 9.92. The number of hydrogen-bond acceptors (Lipinski definition) is 5. The van der Waals surface area contributed by atoms with Crippen LogP contribution in [0, 0.1) is 0 Å². The van der Waals surface area contributed by atoms with Gasteiger partial charge in [0.2, 0.25) is 0 Å². The molecular formula is C22H27N5O. The Labute approximate surface area is 165 Å². The Kier molecular flexibility index (Phi) is 5.99. The number of aromatic nitrogens is 3. The van der Waals surface area contributed by atoms with E-state index in [1.807, 2.05) is 36.5 Å². The first-order chi connectivity index (χ1) is 13.8. The van der Waals surface area contributed by atoms with Crippen molar-refractivity contribution in [3.05, 3.63) is 66.1 Å². The maximum absolute atomic E-state index is 5.93. The third-order valence-electron chi connectivity index (χ3n) is 5.34. The molecule has 0 aliphatic carbocycles. The summed E-state index contributed by atoms with van der Waals surface area (Å²) < 4.78 is 5.93. The van der Waals surface area contributed by atoms with Gasteiger partial charge in [0.15, 0.2) is 0 Å². The van der Waals surface area contributed by atoms with Crippen molar-refractivity contribution in [3.8, 4) is 11.1 Å². The molecule has 0 saturated carbocycles. The van der Waals surface area contributed by atoms with E-state index in [1.54, 1.807) is 6.20 Å². The van der Waals surface area contributed by atoms with Crippen LogP contribution < -0.4 is 5.73 Å². The van der Waals surface area contributed by atoms with Gasteiger partial charge in [-0.2, -0.15) is 5.10 Å². The van der Waals surface area contributed by atoms with Gasteiger partial charge in [0, 0.05) is 18.3 Å². The number of anilines is 1. The molecule has 3 N–H and O–H groups in total. The number of ether oxygens (including phenoxy) is 1. The molecule has 6 heteroatoms. The van der Waals surface area contributed by atoms with Crippen LogP contribution in [-0.2, 0) is 11.3 Å². The van der Waals surface area contributed by atoms with Gasteiger partial charge in [-0.15, -0.1) is 0 Å². The van der Waals surface area contributed by atoms with Gasteiger partial charge in [-0.25, -0.2) is 4.98 Å². The summed E-state index contributed by atoms with van der Waals surface area (Å²) in [5.41, 5.74) is 10.4. The lowest BCUT2D eigenvalue weighted by atomic mass is 9.95. The Hall–Kier alpha value is -2.70. The van der Waals surface area contributed by atoms with E-state index >= 15 is 0 Å². The van der Waals surface area contributed by atoms with E-state index < -0.39 is 0 Å². The summed E-state index contributed by atoms with van der Waals surface area (Å²) in [5.74, 6) is 0.527. The van der Waals surface area contributed by atoms with Crippen molar-refractivity contribution in [2.24, 2.45) is 0 Å². The molecule has 2 aromatic heterocycles. The van der Waals surface area contributed by atoms with E-state index in [0.717, 1.165) is 42.9 Å². The number of nitrogen functional groups attached to an aromatic ring is 1. The molecule has 28 heavy (non-hydrogen) atoms. The zero-order valence-corrected chi connectivity index (χ0v) is 16.1. The quantitative estimate of drug-likeness (QED) is 0.612. The van der Waals surface area contributed by atoms with Crippen LogP contribution in [0.4, 0.5) is 5.82 Å². The zero-order valence-electron chi connectivity index (χ0n) is 16.1. The molecule has 1 aliphatic rings. The van der Waals surface area contributed by atoms with E-state index in [2.05, 4.69) is 32.2 Å². The molecule has 1 saturated heterocycles. The molecule has 1 atom stereocenters. The SMILES string of the molecule is Nc1cc(-c2cn[nH]c2[C@@H]2CCCCN2CCOCc2ccccc2)ccn1. The number of likely N-dealkylation sites (tertiary alicyclic amines) is 1. The van der Waals surface area contributed by atoms with Gasteiger partial charge in [0.1, 0.15) is 5.82 Å². The summed E-state index contributed by atoms with van der Waals surface area (Å²) in [5, 5.41) is 7.58. The van der Waals surface area contributed by atoms with E-state index in [0.29, 0.717) is 18.5 Å². The number of nitrogens with one attached hydrogen (secondary N) is 1. The number of pyridine rings is 1. The average molecular weight is 377 g/mol. The van der Waals surface area contributed by atoms with Crippen molar-refractivity contribution in [2.75, 3.05) is 25.4 Å². The minimum Gasteiger partial charge on any atom is -0.384 e. The van der Waals surface area contributed by atoms with Gasteiger partial charge in [0.25, 0.3) is 0 Å². The van der Waals surface area contributed by atoms with Gasteiger partial charge in [0.05, 0.1) is 31.1 Å². The van der Waals surface area contributed by atoms with Crippen LogP contribution in [-0.4, -0.2) is 39.8 Å². The third kappa shape index (κ3) is 4.40. The van der Waals surface area contributed by atoms with Crippen LogP contribution in [0.15, 0.2) is 54.9 Å². The summed E-state index contributed by atoms with van der Waals surface area (Å²) in [6.45, 7) is 3.37. The first-order valence-electron chi connectivity index (χ1n) is 9.92. The van der Waals surface area contributed by atoms with Gasteiger partial charge < -0.3 is 10.5 Å². The van der Waals surface area contributed by atoms with Crippen LogP contribution >= 0.6 is 0 Å². The van der Waals surface area contributed by atoms with Crippen LogP contribution in [0.25, 0.3) is 11.1 Å². The number of H-pyrrole nitrogens is 1. The van der Waals surface area contributed by atoms with E-state index in [9.17, 15) is 0 Å². The molecule has 3 aromatic rings. The van der Waals surface area contributed by atoms with E-state index in [4.69, 9.17) is 10.5 Å². The number of piperidine rings is 1.